The number of rotatable bonds is 4. The van der Waals surface area contributed by atoms with Crippen LogP contribution in [0.25, 0.3) is 16.7 Å². The van der Waals surface area contributed by atoms with Crippen LogP contribution in [-0.2, 0) is 11.3 Å². The van der Waals surface area contributed by atoms with Crippen LogP contribution in [0, 0.1) is 6.92 Å². The standard InChI is InChI=1S/C19H20N8O2.C2HF3O2/c1-13-21-16(29-24-13)12-25-7-9-26(10-8-25)19-22-17-15(18(28)23-19)11-20-27(17)14-5-3-2-4-6-14;3-2(4,5)1(6)7/h2-6,11H,7-10,12H2,1H3,(H,22,23,28);(H,6,7). The molecule has 5 rings (SSSR count). The van der Waals surface area contributed by atoms with E-state index in [9.17, 15) is 18.0 Å². The van der Waals surface area contributed by atoms with Crippen LogP contribution in [0.15, 0.2) is 45.8 Å². The van der Waals surface area contributed by atoms with Gasteiger partial charge in [0.2, 0.25) is 11.8 Å². The summed E-state index contributed by atoms with van der Waals surface area (Å²) < 4.78 is 38.6. The minimum absolute atomic E-state index is 0.184. The van der Waals surface area contributed by atoms with Crippen LogP contribution in [-0.4, -0.2) is 78.2 Å². The number of nitrogens with zero attached hydrogens (tertiary/aromatic N) is 7. The van der Waals surface area contributed by atoms with E-state index < -0.39 is 12.1 Å². The van der Waals surface area contributed by atoms with Crippen LogP contribution < -0.4 is 10.5 Å². The molecular weight excluding hydrogens is 485 g/mol. The highest BCUT2D eigenvalue weighted by Gasteiger charge is 2.38. The maximum absolute atomic E-state index is 12.6. The Balaban J connectivity index is 0.000000384. The fourth-order valence-corrected chi connectivity index (χ4v) is 3.53. The second-order valence-electron chi connectivity index (χ2n) is 7.82. The molecule has 1 aromatic carbocycles. The van der Waals surface area contributed by atoms with Gasteiger partial charge in [-0.05, 0) is 19.1 Å². The number of aryl methyl sites for hydroxylation is 1. The van der Waals surface area contributed by atoms with Crippen molar-refractivity contribution in [2.75, 3.05) is 31.1 Å². The molecule has 0 radical (unpaired) electrons. The van der Waals surface area contributed by atoms with Crippen molar-refractivity contribution < 1.29 is 27.6 Å². The lowest BCUT2D eigenvalue weighted by Gasteiger charge is -2.34. The average Bonchev–Trinajstić information content (AvgIpc) is 3.46. The lowest BCUT2D eigenvalue weighted by molar-refractivity contribution is -0.192. The normalized spacial score (nSPS) is 14.5. The number of anilines is 1. The summed E-state index contributed by atoms with van der Waals surface area (Å²) in [5.41, 5.74) is 1.24. The number of hydrogen-bond acceptors (Lipinski definition) is 9. The molecule has 0 bridgehead atoms. The Morgan fingerprint density at radius 1 is 1.14 bits per heavy atom. The minimum Gasteiger partial charge on any atom is -0.475 e. The maximum atomic E-state index is 12.6. The molecule has 4 heterocycles. The summed E-state index contributed by atoms with van der Waals surface area (Å²) in [6.07, 6.45) is -3.53. The number of H-pyrrole nitrogens is 1. The monoisotopic (exact) mass is 506 g/mol. The number of benzene rings is 1. The number of carbonyl (C=O) groups is 1. The Hall–Kier alpha value is -4.27. The summed E-state index contributed by atoms with van der Waals surface area (Å²) in [7, 11) is 0. The number of hydrogen-bond donors (Lipinski definition) is 2. The minimum atomic E-state index is -5.08. The van der Waals surface area contributed by atoms with E-state index in [1.807, 2.05) is 37.3 Å². The number of halogens is 3. The molecule has 1 fully saturated rings. The molecule has 0 saturated carbocycles. The van der Waals surface area contributed by atoms with E-state index in [4.69, 9.17) is 19.4 Å². The first kappa shape index (κ1) is 24.8. The van der Waals surface area contributed by atoms with Crippen molar-refractivity contribution in [3.63, 3.8) is 0 Å². The predicted octanol–water partition coefficient (Wildman–Crippen LogP) is 1.76. The van der Waals surface area contributed by atoms with Crippen molar-refractivity contribution in [1.82, 2.24) is 34.8 Å². The first-order chi connectivity index (χ1) is 17.1. The summed E-state index contributed by atoms with van der Waals surface area (Å²) in [5.74, 6) is -0.930. The molecule has 0 unspecified atom stereocenters. The Labute approximate surface area is 201 Å². The summed E-state index contributed by atoms with van der Waals surface area (Å²) in [4.78, 5) is 37.7. The van der Waals surface area contributed by atoms with Crippen LogP contribution in [0.5, 0.6) is 0 Å². The van der Waals surface area contributed by atoms with Crippen molar-refractivity contribution in [2.24, 2.45) is 0 Å². The highest BCUT2D eigenvalue weighted by atomic mass is 19.4. The van der Waals surface area contributed by atoms with Crippen LogP contribution in [0.1, 0.15) is 11.7 Å². The van der Waals surface area contributed by atoms with Gasteiger partial charge in [0.25, 0.3) is 5.56 Å². The number of aromatic nitrogens is 6. The molecule has 4 aromatic rings. The van der Waals surface area contributed by atoms with Crippen molar-refractivity contribution >= 4 is 23.0 Å². The van der Waals surface area contributed by atoms with Gasteiger partial charge < -0.3 is 14.5 Å². The van der Waals surface area contributed by atoms with E-state index in [0.29, 0.717) is 35.2 Å². The summed E-state index contributed by atoms with van der Waals surface area (Å²) >= 11 is 0. The third-order valence-electron chi connectivity index (χ3n) is 5.27. The van der Waals surface area contributed by atoms with E-state index in [0.717, 1.165) is 31.9 Å². The zero-order valence-corrected chi connectivity index (χ0v) is 18.9. The number of aromatic amines is 1. The molecule has 2 N–H and O–H groups in total. The summed E-state index contributed by atoms with van der Waals surface area (Å²) in [5, 5.41) is 15.8. The molecule has 0 spiro atoms. The molecule has 36 heavy (non-hydrogen) atoms. The number of para-hydroxylation sites is 1. The Morgan fingerprint density at radius 2 is 1.81 bits per heavy atom. The fourth-order valence-electron chi connectivity index (χ4n) is 3.53. The first-order valence-electron chi connectivity index (χ1n) is 10.7. The van der Waals surface area contributed by atoms with Crippen molar-refractivity contribution in [2.45, 2.75) is 19.6 Å². The molecule has 1 saturated heterocycles. The number of piperazine rings is 1. The third kappa shape index (κ3) is 5.68. The van der Waals surface area contributed by atoms with Gasteiger partial charge in [-0.2, -0.15) is 28.2 Å². The highest BCUT2D eigenvalue weighted by Crippen LogP contribution is 2.18. The van der Waals surface area contributed by atoms with Crippen molar-refractivity contribution in [3.8, 4) is 5.69 Å². The smallest absolute Gasteiger partial charge is 0.475 e. The number of nitrogens with one attached hydrogen (secondary N) is 1. The molecule has 15 heteroatoms. The zero-order chi connectivity index (χ0) is 25.9. The van der Waals surface area contributed by atoms with E-state index in [1.54, 1.807) is 10.9 Å². The molecule has 3 aromatic heterocycles. The van der Waals surface area contributed by atoms with Gasteiger partial charge in [0, 0.05) is 26.2 Å². The number of carboxylic acids is 1. The lowest BCUT2D eigenvalue weighted by atomic mass is 10.3. The van der Waals surface area contributed by atoms with E-state index in [1.165, 1.54) is 0 Å². The largest absolute Gasteiger partial charge is 0.490 e. The predicted molar refractivity (Wildman–Crippen MR) is 120 cm³/mol. The Kier molecular flexibility index (Phi) is 7.00. The lowest BCUT2D eigenvalue weighted by Crippen LogP contribution is -2.47. The molecule has 190 valence electrons. The second-order valence-corrected chi connectivity index (χ2v) is 7.82. The van der Waals surface area contributed by atoms with Crippen LogP contribution in [0.4, 0.5) is 19.1 Å². The van der Waals surface area contributed by atoms with Crippen molar-refractivity contribution in [1.29, 1.82) is 0 Å². The quantitative estimate of drug-likeness (QED) is 0.420. The van der Waals surface area contributed by atoms with Gasteiger partial charge in [-0.1, -0.05) is 23.4 Å². The van der Waals surface area contributed by atoms with E-state index in [2.05, 4.69) is 30.0 Å². The zero-order valence-electron chi connectivity index (χ0n) is 18.9. The Morgan fingerprint density at radius 3 is 2.39 bits per heavy atom. The maximum Gasteiger partial charge on any atom is 0.490 e. The summed E-state index contributed by atoms with van der Waals surface area (Å²) in [6, 6.07) is 9.68. The third-order valence-corrected chi connectivity index (χ3v) is 5.27. The number of alkyl halides is 3. The summed E-state index contributed by atoms with van der Waals surface area (Å²) in [6.45, 7) is 5.52. The van der Waals surface area contributed by atoms with E-state index in [-0.39, 0.29) is 5.56 Å². The molecular formula is C21H21F3N8O4. The molecule has 1 aliphatic heterocycles. The van der Waals surface area contributed by atoms with Crippen LogP contribution in [0.3, 0.4) is 0 Å². The number of fused-ring (bicyclic) bond motifs is 1. The van der Waals surface area contributed by atoms with Crippen LogP contribution >= 0.6 is 0 Å². The van der Waals surface area contributed by atoms with Gasteiger partial charge in [-0.3, -0.25) is 14.7 Å². The topological polar surface area (TPSA) is 146 Å². The van der Waals surface area contributed by atoms with Gasteiger partial charge in [-0.25, -0.2) is 9.48 Å². The molecule has 0 amide bonds. The van der Waals surface area contributed by atoms with Crippen molar-refractivity contribution in [3.05, 3.63) is 58.6 Å². The highest BCUT2D eigenvalue weighted by molar-refractivity contribution is 5.76. The van der Waals surface area contributed by atoms with Gasteiger partial charge >= 0.3 is 12.1 Å². The fraction of sp³-hybridized carbons (Fsp3) is 0.333. The van der Waals surface area contributed by atoms with Gasteiger partial charge in [0.05, 0.1) is 18.4 Å². The number of aliphatic carboxylic acids is 1. The van der Waals surface area contributed by atoms with Crippen LogP contribution in [0.2, 0.25) is 0 Å². The molecule has 0 aliphatic carbocycles. The van der Waals surface area contributed by atoms with Gasteiger partial charge in [0.1, 0.15) is 5.39 Å². The Bertz CT molecular complexity index is 1390. The van der Waals surface area contributed by atoms with Gasteiger partial charge in [-0.15, -0.1) is 0 Å². The molecule has 0 atom stereocenters. The average molecular weight is 506 g/mol. The SMILES string of the molecule is Cc1noc(CN2CCN(c3nc4c(cnn4-c4ccccc4)c(=O)[nH]3)CC2)n1.O=C(O)C(F)(F)F. The first-order valence-corrected chi connectivity index (χ1v) is 10.7. The second kappa shape index (κ2) is 10.2. The van der Waals surface area contributed by atoms with Gasteiger partial charge in [0.15, 0.2) is 11.5 Å². The van der Waals surface area contributed by atoms with E-state index >= 15 is 0 Å². The number of carboxylic acid groups (broad SMARTS) is 1. The molecule has 1 aliphatic rings. The molecule has 12 nitrogen and oxygen atoms in total.